The molecule has 0 spiro atoms. The molecule has 2 N–H and O–H groups in total. The lowest BCUT2D eigenvalue weighted by atomic mass is 10.2. The summed E-state index contributed by atoms with van der Waals surface area (Å²) in [5.41, 5.74) is 7.16. The molecule has 16 heavy (non-hydrogen) atoms. The van der Waals surface area contributed by atoms with Gasteiger partial charge in [0.15, 0.2) is 0 Å². The molecule has 2 nitrogen and oxygen atoms in total. The highest BCUT2D eigenvalue weighted by Gasteiger charge is 2.15. The number of hydrogen-bond donors (Lipinski definition) is 1. The van der Waals surface area contributed by atoms with E-state index in [1.165, 1.54) is 10.4 Å². The van der Waals surface area contributed by atoms with Gasteiger partial charge in [-0.1, -0.05) is 17.8 Å². The number of thiophene rings is 1. The van der Waals surface area contributed by atoms with Gasteiger partial charge >= 0.3 is 0 Å². The van der Waals surface area contributed by atoms with Crippen LogP contribution in [-0.4, -0.2) is 11.5 Å². The Balaban J connectivity index is 2.16. The van der Waals surface area contributed by atoms with Crippen molar-refractivity contribution >= 4 is 23.1 Å². The van der Waals surface area contributed by atoms with Gasteiger partial charge < -0.3 is 5.73 Å². The van der Waals surface area contributed by atoms with Crippen molar-refractivity contribution in [1.82, 2.24) is 4.98 Å². The Morgan fingerprint density at radius 1 is 1.44 bits per heavy atom. The molecule has 2 heterocycles. The second-order valence-corrected chi connectivity index (χ2v) is 5.65. The van der Waals surface area contributed by atoms with Crippen molar-refractivity contribution in [2.75, 3.05) is 6.54 Å². The van der Waals surface area contributed by atoms with Gasteiger partial charge in [0.2, 0.25) is 0 Å². The second kappa shape index (κ2) is 5.48. The van der Waals surface area contributed by atoms with E-state index in [2.05, 4.69) is 23.4 Å². The van der Waals surface area contributed by atoms with E-state index >= 15 is 0 Å². The van der Waals surface area contributed by atoms with E-state index in [0.29, 0.717) is 11.8 Å². The maximum Gasteiger partial charge on any atom is 0.0966 e. The molecule has 0 saturated heterocycles. The highest BCUT2D eigenvalue weighted by molar-refractivity contribution is 7.99. The summed E-state index contributed by atoms with van der Waals surface area (Å²) in [6.45, 7) is 2.77. The summed E-state index contributed by atoms with van der Waals surface area (Å²) in [7, 11) is 0. The summed E-state index contributed by atoms with van der Waals surface area (Å²) < 4.78 is 0. The fraction of sp³-hybridized carbons (Fsp3) is 0.250. The SMILES string of the molecule is Cc1ccsc1C(CN)Sc1ccccn1. The third kappa shape index (κ3) is 2.64. The molecule has 0 fully saturated rings. The average molecular weight is 250 g/mol. The Morgan fingerprint density at radius 2 is 2.31 bits per heavy atom. The first kappa shape index (κ1) is 11.6. The van der Waals surface area contributed by atoms with E-state index < -0.39 is 0 Å². The molecule has 0 aliphatic rings. The van der Waals surface area contributed by atoms with Gasteiger partial charge in [0.05, 0.1) is 10.3 Å². The van der Waals surface area contributed by atoms with Gasteiger partial charge in [-0.15, -0.1) is 11.3 Å². The zero-order valence-corrected chi connectivity index (χ0v) is 10.7. The molecule has 2 rings (SSSR count). The van der Waals surface area contributed by atoms with Crippen LogP contribution in [0.3, 0.4) is 0 Å². The zero-order chi connectivity index (χ0) is 11.4. The third-order valence-electron chi connectivity index (χ3n) is 2.31. The van der Waals surface area contributed by atoms with Crippen LogP contribution in [0.25, 0.3) is 0 Å². The van der Waals surface area contributed by atoms with Gasteiger partial charge in [-0.2, -0.15) is 0 Å². The number of rotatable bonds is 4. The first-order valence-electron chi connectivity index (χ1n) is 5.13. The van der Waals surface area contributed by atoms with Gasteiger partial charge in [0, 0.05) is 17.6 Å². The van der Waals surface area contributed by atoms with Gasteiger partial charge in [-0.25, -0.2) is 4.98 Å². The topological polar surface area (TPSA) is 38.9 Å². The quantitative estimate of drug-likeness (QED) is 0.847. The molecule has 0 bridgehead atoms. The minimum Gasteiger partial charge on any atom is -0.329 e. The lowest BCUT2D eigenvalue weighted by Crippen LogP contribution is -2.09. The van der Waals surface area contributed by atoms with E-state index in [1.807, 2.05) is 24.4 Å². The molecule has 0 amide bonds. The number of nitrogens with zero attached hydrogens (tertiary/aromatic N) is 1. The van der Waals surface area contributed by atoms with Crippen molar-refractivity contribution in [3.63, 3.8) is 0 Å². The van der Waals surface area contributed by atoms with Crippen LogP contribution in [0.4, 0.5) is 0 Å². The van der Waals surface area contributed by atoms with Crippen molar-refractivity contribution < 1.29 is 0 Å². The number of aryl methyl sites for hydroxylation is 1. The molecule has 0 aliphatic carbocycles. The maximum absolute atomic E-state index is 5.84. The molecule has 2 aromatic heterocycles. The van der Waals surface area contributed by atoms with Gasteiger partial charge in [0.1, 0.15) is 0 Å². The number of aromatic nitrogens is 1. The molecular weight excluding hydrogens is 236 g/mol. The number of thioether (sulfide) groups is 1. The Bertz CT molecular complexity index is 439. The minimum atomic E-state index is 0.315. The zero-order valence-electron chi connectivity index (χ0n) is 9.09. The standard InChI is InChI=1S/C12H14N2S2/c1-9-5-7-15-12(9)10(8-13)16-11-4-2-3-6-14-11/h2-7,10H,8,13H2,1H3. The summed E-state index contributed by atoms with van der Waals surface area (Å²) >= 11 is 3.51. The first-order valence-corrected chi connectivity index (χ1v) is 6.89. The average Bonchev–Trinajstić information content (AvgIpc) is 2.74. The number of hydrogen-bond acceptors (Lipinski definition) is 4. The fourth-order valence-electron chi connectivity index (χ4n) is 1.49. The third-order valence-corrected chi connectivity index (χ3v) is 4.79. The van der Waals surface area contributed by atoms with Gasteiger partial charge in [0.25, 0.3) is 0 Å². The van der Waals surface area contributed by atoms with Gasteiger partial charge in [-0.3, -0.25) is 0 Å². The monoisotopic (exact) mass is 250 g/mol. The Morgan fingerprint density at radius 3 is 2.88 bits per heavy atom. The molecule has 4 heteroatoms. The molecular formula is C12H14N2S2. The van der Waals surface area contributed by atoms with E-state index in [9.17, 15) is 0 Å². The van der Waals surface area contributed by atoms with Crippen LogP contribution >= 0.6 is 23.1 Å². The summed E-state index contributed by atoms with van der Waals surface area (Å²) in [6.07, 6.45) is 1.82. The summed E-state index contributed by atoms with van der Waals surface area (Å²) in [5, 5.41) is 3.47. The first-order chi connectivity index (χ1) is 7.81. The smallest absolute Gasteiger partial charge is 0.0966 e. The highest BCUT2D eigenvalue weighted by atomic mass is 32.2. The van der Waals surface area contributed by atoms with Gasteiger partial charge in [-0.05, 0) is 36.1 Å². The van der Waals surface area contributed by atoms with E-state index in [1.54, 1.807) is 23.1 Å². The molecule has 84 valence electrons. The van der Waals surface area contributed by atoms with Crippen LogP contribution in [0.2, 0.25) is 0 Å². The van der Waals surface area contributed by atoms with Crippen LogP contribution in [0.1, 0.15) is 15.7 Å². The Labute approximate surface area is 104 Å². The molecule has 0 radical (unpaired) electrons. The molecule has 2 aromatic rings. The Kier molecular flexibility index (Phi) is 3.98. The number of nitrogens with two attached hydrogens (primary N) is 1. The van der Waals surface area contributed by atoms with Crippen molar-refractivity contribution in [2.45, 2.75) is 17.2 Å². The van der Waals surface area contributed by atoms with Crippen LogP contribution in [0.5, 0.6) is 0 Å². The molecule has 0 aromatic carbocycles. The lowest BCUT2D eigenvalue weighted by molar-refractivity contribution is 0.945. The van der Waals surface area contributed by atoms with E-state index in [0.717, 1.165) is 5.03 Å². The molecule has 1 unspecified atom stereocenters. The minimum absolute atomic E-state index is 0.315. The van der Waals surface area contributed by atoms with Crippen LogP contribution in [-0.2, 0) is 0 Å². The normalized spacial score (nSPS) is 12.6. The van der Waals surface area contributed by atoms with Crippen molar-refractivity contribution in [1.29, 1.82) is 0 Å². The highest BCUT2D eigenvalue weighted by Crippen LogP contribution is 2.37. The largest absolute Gasteiger partial charge is 0.329 e. The predicted octanol–water partition coefficient (Wildman–Crippen LogP) is 3.24. The molecule has 0 aliphatic heterocycles. The maximum atomic E-state index is 5.84. The number of pyridine rings is 1. The van der Waals surface area contributed by atoms with Crippen molar-refractivity contribution in [3.05, 3.63) is 46.3 Å². The van der Waals surface area contributed by atoms with Crippen LogP contribution in [0.15, 0.2) is 40.9 Å². The molecule has 1 atom stereocenters. The van der Waals surface area contributed by atoms with Crippen LogP contribution < -0.4 is 5.73 Å². The summed E-state index contributed by atoms with van der Waals surface area (Å²) in [4.78, 5) is 5.68. The molecule has 0 saturated carbocycles. The van der Waals surface area contributed by atoms with Crippen molar-refractivity contribution in [3.8, 4) is 0 Å². The lowest BCUT2D eigenvalue weighted by Gasteiger charge is -2.13. The van der Waals surface area contributed by atoms with Crippen molar-refractivity contribution in [2.24, 2.45) is 5.73 Å². The van der Waals surface area contributed by atoms with Crippen LogP contribution in [0, 0.1) is 6.92 Å². The van der Waals surface area contributed by atoms with E-state index in [4.69, 9.17) is 5.73 Å². The summed E-state index contributed by atoms with van der Waals surface area (Å²) in [5.74, 6) is 0. The predicted molar refractivity (Wildman–Crippen MR) is 70.9 cm³/mol. The fourth-order valence-corrected chi connectivity index (χ4v) is 3.68. The summed E-state index contributed by atoms with van der Waals surface area (Å²) in [6, 6.07) is 8.10. The van der Waals surface area contributed by atoms with E-state index in [-0.39, 0.29) is 0 Å². The second-order valence-electron chi connectivity index (χ2n) is 3.48. The Hall–Kier alpha value is -0.840.